The number of carbonyl (C=O) groups excluding carboxylic acids is 1. The minimum Gasteiger partial charge on any atom is -0.493 e. The van der Waals surface area contributed by atoms with Gasteiger partial charge in [0, 0.05) is 23.9 Å². The van der Waals surface area contributed by atoms with Crippen LogP contribution in [-0.2, 0) is 11.3 Å². The quantitative estimate of drug-likeness (QED) is 0.380. The van der Waals surface area contributed by atoms with E-state index in [1.165, 1.54) is 0 Å². The summed E-state index contributed by atoms with van der Waals surface area (Å²) in [4.78, 5) is 16.6. The fraction of sp³-hybridized carbons (Fsp3) is 0.160. The van der Waals surface area contributed by atoms with Gasteiger partial charge in [-0.05, 0) is 36.4 Å². The number of pyridine rings is 1. The number of hydrogen-bond donors (Lipinski definition) is 1. The highest BCUT2D eigenvalue weighted by Crippen LogP contribution is 2.31. The third kappa shape index (κ3) is 5.63. The van der Waals surface area contributed by atoms with Crippen molar-refractivity contribution in [2.24, 2.45) is 0 Å². The molecule has 4 aromatic rings. The number of amides is 1. The maximum absolute atomic E-state index is 12.5. The van der Waals surface area contributed by atoms with Gasteiger partial charge in [0.05, 0.1) is 27.0 Å². The van der Waals surface area contributed by atoms with Gasteiger partial charge in [0.25, 0.3) is 5.91 Å². The molecule has 0 spiro atoms. The Labute approximate surface area is 196 Å². The molecule has 4 rings (SSSR count). The lowest BCUT2D eigenvalue weighted by atomic mass is 10.2. The molecule has 0 bridgehead atoms. The molecule has 2 heterocycles. The standard InChI is InChI=1S/C25H24N4O5/c1-31-21-7-5-6-18(25(21)32-2)16-29-22(13-15-27-29)28-23(30)17-33-19-9-11-20(12-10-19)34-24-8-3-4-14-26-24/h3-15H,16-17H2,1-2H3,(H,28,30). The van der Waals surface area contributed by atoms with E-state index in [-0.39, 0.29) is 12.5 Å². The Hall–Kier alpha value is -4.53. The molecule has 9 nitrogen and oxygen atoms in total. The molecular weight excluding hydrogens is 436 g/mol. The number of carbonyl (C=O) groups is 1. The van der Waals surface area contributed by atoms with Crippen molar-refractivity contribution in [1.82, 2.24) is 14.8 Å². The highest BCUT2D eigenvalue weighted by atomic mass is 16.5. The number of methoxy groups -OCH3 is 2. The van der Waals surface area contributed by atoms with Crippen LogP contribution in [0.25, 0.3) is 0 Å². The van der Waals surface area contributed by atoms with Crippen molar-refractivity contribution in [3.8, 4) is 28.9 Å². The zero-order chi connectivity index (χ0) is 23.8. The van der Waals surface area contributed by atoms with Crippen LogP contribution in [0.5, 0.6) is 28.9 Å². The molecule has 0 aliphatic heterocycles. The van der Waals surface area contributed by atoms with Crippen molar-refractivity contribution in [2.45, 2.75) is 6.54 Å². The molecule has 1 N–H and O–H groups in total. The maximum Gasteiger partial charge on any atom is 0.263 e. The highest BCUT2D eigenvalue weighted by Gasteiger charge is 2.13. The van der Waals surface area contributed by atoms with Gasteiger partial charge < -0.3 is 24.3 Å². The van der Waals surface area contributed by atoms with Gasteiger partial charge in [0.2, 0.25) is 5.88 Å². The highest BCUT2D eigenvalue weighted by molar-refractivity contribution is 5.91. The number of nitrogens with one attached hydrogen (secondary N) is 1. The summed E-state index contributed by atoms with van der Waals surface area (Å²) in [5.74, 6) is 3.13. The van der Waals surface area contributed by atoms with Crippen molar-refractivity contribution in [3.63, 3.8) is 0 Å². The van der Waals surface area contributed by atoms with Gasteiger partial charge in [-0.1, -0.05) is 18.2 Å². The van der Waals surface area contributed by atoms with Crippen LogP contribution < -0.4 is 24.3 Å². The summed E-state index contributed by atoms with van der Waals surface area (Å²) in [6, 6.07) is 19.7. The van der Waals surface area contributed by atoms with Crippen LogP contribution in [0.1, 0.15) is 5.56 Å². The Kier molecular flexibility index (Phi) is 7.24. The van der Waals surface area contributed by atoms with Gasteiger partial charge in [-0.15, -0.1) is 0 Å². The van der Waals surface area contributed by atoms with E-state index in [4.69, 9.17) is 18.9 Å². The Balaban J connectivity index is 1.33. The van der Waals surface area contributed by atoms with Crippen LogP contribution in [0, 0.1) is 0 Å². The van der Waals surface area contributed by atoms with Crippen LogP contribution >= 0.6 is 0 Å². The van der Waals surface area contributed by atoms with Crippen molar-refractivity contribution >= 4 is 11.7 Å². The minimum atomic E-state index is -0.312. The van der Waals surface area contributed by atoms with E-state index in [1.54, 1.807) is 67.7 Å². The molecule has 2 aromatic carbocycles. The Morgan fingerprint density at radius 1 is 0.912 bits per heavy atom. The molecule has 34 heavy (non-hydrogen) atoms. The zero-order valence-electron chi connectivity index (χ0n) is 18.8. The van der Waals surface area contributed by atoms with Gasteiger partial charge in [-0.25, -0.2) is 9.67 Å². The summed E-state index contributed by atoms with van der Waals surface area (Å²) < 4.78 is 23.7. The first-order chi connectivity index (χ1) is 16.7. The monoisotopic (exact) mass is 460 g/mol. The Morgan fingerprint density at radius 3 is 2.47 bits per heavy atom. The number of rotatable bonds is 10. The fourth-order valence-corrected chi connectivity index (χ4v) is 3.26. The topological polar surface area (TPSA) is 96.7 Å². The second kappa shape index (κ2) is 10.9. The SMILES string of the molecule is COc1cccc(Cn2nccc2NC(=O)COc2ccc(Oc3ccccn3)cc2)c1OC. The number of hydrogen-bond acceptors (Lipinski definition) is 7. The lowest BCUT2D eigenvalue weighted by Gasteiger charge is -2.14. The fourth-order valence-electron chi connectivity index (χ4n) is 3.26. The average Bonchev–Trinajstić information content (AvgIpc) is 3.30. The summed E-state index contributed by atoms with van der Waals surface area (Å²) in [5, 5.41) is 7.13. The van der Waals surface area contributed by atoms with E-state index in [0.29, 0.717) is 41.2 Å². The average molecular weight is 460 g/mol. The van der Waals surface area contributed by atoms with Crippen LogP contribution in [0.2, 0.25) is 0 Å². The molecule has 0 aliphatic carbocycles. The molecular formula is C25H24N4O5. The number of anilines is 1. The number of nitrogens with zero attached hydrogens (tertiary/aromatic N) is 3. The van der Waals surface area contributed by atoms with Crippen molar-refractivity contribution in [2.75, 3.05) is 26.1 Å². The summed E-state index contributed by atoms with van der Waals surface area (Å²) in [7, 11) is 3.17. The molecule has 0 unspecified atom stereocenters. The van der Waals surface area contributed by atoms with Crippen LogP contribution in [-0.4, -0.2) is 41.5 Å². The largest absolute Gasteiger partial charge is 0.493 e. The minimum absolute atomic E-state index is 0.159. The predicted molar refractivity (Wildman–Crippen MR) is 126 cm³/mol. The molecule has 1 amide bonds. The number of benzene rings is 2. The van der Waals surface area contributed by atoms with Crippen molar-refractivity contribution < 1.29 is 23.7 Å². The predicted octanol–water partition coefficient (Wildman–Crippen LogP) is 4.15. The molecule has 0 aliphatic rings. The van der Waals surface area contributed by atoms with Gasteiger partial charge in [-0.2, -0.15) is 5.10 Å². The molecule has 0 atom stereocenters. The van der Waals surface area contributed by atoms with Gasteiger partial charge in [0.1, 0.15) is 17.3 Å². The maximum atomic E-state index is 12.5. The molecule has 0 fully saturated rings. The number of aromatic nitrogens is 3. The summed E-state index contributed by atoms with van der Waals surface area (Å²) in [6.45, 7) is 0.232. The van der Waals surface area contributed by atoms with Gasteiger partial charge in [-0.3, -0.25) is 4.79 Å². The molecule has 0 saturated carbocycles. The van der Waals surface area contributed by atoms with Crippen molar-refractivity contribution in [1.29, 1.82) is 0 Å². The Morgan fingerprint density at radius 2 is 1.74 bits per heavy atom. The Bertz CT molecular complexity index is 1230. The van der Waals surface area contributed by atoms with Crippen molar-refractivity contribution in [3.05, 3.63) is 84.7 Å². The van der Waals surface area contributed by atoms with E-state index in [1.807, 2.05) is 30.3 Å². The first-order valence-corrected chi connectivity index (χ1v) is 10.5. The molecule has 9 heteroatoms. The smallest absolute Gasteiger partial charge is 0.263 e. The summed E-state index contributed by atoms with van der Waals surface area (Å²) >= 11 is 0. The first kappa shape index (κ1) is 22.7. The molecule has 0 radical (unpaired) electrons. The summed E-state index contributed by atoms with van der Waals surface area (Å²) in [6.07, 6.45) is 3.27. The normalized spacial score (nSPS) is 10.4. The first-order valence-electron chi connectivity index (χ1n) is 10.5. The summed E-state index contributed by atoms with van der Waals surface area (Å²) in [5.41, 5.74) is 0.866. The van der Waals surface area contributed by atoms with E-state index >= 15 is 0 Å². The third-order valence-corrected chi connectivity index (χ3v) is 4.84. The van der Waals surface area contributed by atoms with E-state index in [2.05, 4.69) is 15.4 Å². The van der Waals surface area contributed by atoms with E-state index in [9.17, 15) is 4.79 Å². The molecule has 174 valence electrons. The van der Waals surface area contributed by atoms with E-state index in [0.717, 1.165) is 5.56 Å². The third-order valence-electron chi connectivity index (χ3n) is 4.84. The van der Waals surface area contributed by atoms with Crippen LogP contribution in [0.3, 0.4) is 0 Å². The molecule has 0 saturated heterocycles. The van der Waals surface area contributed by atoms with Crippen LogP contribution in [0.4, 0.5) is 5.82 Å². The molecule has 2 aromatic heterocycles. The lowest BCUT2D eigenvalue weighted by molar-refractivity contribution is -0.118. The second-order valence-electron chi connectivity index (χ2n) is 7.11. The lowest BCUT2D eigenvalue weighted by Crippen LogP contribution is -2.22. The van der Waals surface area contributed by atoms with Gasteiger partial charge in [0.15, 0.2) is 18.1 Å². The van der Waals surface area contributed by atoms with Crippen LogP contribution in [0.15, 0.2) is 79.1 Å². The number of para-hydroxylation sites is 1. The number of ether oxygens (including phenoxy) is 4. The van der Waals surface area contributed by atoms with E-state index < -0.39 is 0 Å². The zero-order valence-corrected chi connectivity index (χ0v) is 18.8. The van der Waals surface area contributed by atoms with Gasteiger partial charge >= 0.3 is 0 Å². The second-order valence-corrected chi connectivity index (χ2v) is 7.11.